The Balaban J connectivity index is 1.64. The molecular formula is C20H24N6O3. The summed E-state index contributed by atoms with van der Waals surface area (Å²) in [6.45, 7) is 2.63. The van der Waals surface area contributed by atoms with E-state index in [1.165, 1.54) is 12.4 Å². The third kappa shape index (κ3) is 5.15. The fourth-order valence-electron chi connectivity index (χ4n) is 3.16. The number of piperazine rings is 1. The molecule has 0 spiro atoms. The minimum atomic E-state index is -0.653. The highest BCUT2D eigenvalue weighted by Gasteiger charge is 2.27. The topological polar surface area (TPSA) is 111 Å². The van der Waals surface area contributed by atoms with Crippen LogP contribution in [-0.4, -0.2) is 71.2 Å². The first-order chi connectivity index (χ1) is 14.1. The average Bonchev–Trinajstić information content (AvgIpc) is 2.79. The lowest BCUT2D eigenvalue weighted by Crippen LogP contribution is -2.54. The van der Waals surface area contributed by atoms with Crippen LogP contribution in [0.1, 0.15) is 15.9 Å². The van der Waals surface area contributed by atoms with Gasteiger partial charge in [-0.15, -0.1) is 0 Å². The van der Waals surface area contributed by atoms with E-state index in [0.717, 1.165) is 5.56 Å². The number of hydrogen-bond donors (Lipinski definition) is 3. The van der Waals surface area contributed by atoms with Gasteiger partial charge >= 0.3 is 0 Å². The number of hydrogen-bond acceptors (Lipinski definition) is 7. The average molecular weight is 396 g/mol. The Morgan fingerprint density at radius 1 is 1.10 bits per heavy atom. The van der Waals surface area contributed by atoms with Crippen LogP contribution in [0.25, 0.3) is 6.08 Å². The van der Waals surface area contributed by atoms with E-state index >= 15 is 0 Å². The minimum absolute atomic E-state index is 0.0544. The van der Waals surface area contributed by atoms with E-state index in [1.807, 2.05) is 47.4 Å². The summed E-state index contributed by atoms with van der Waals surface area (Å²) in [7, 11) is 1.64. The van der Waals surface area contributed by atoms with E-state index in [9.17, 15) is 9.59 Å². The van der Waals surface area contributed by atoms with Crippen molar-refractivity contribution in [2.24, 2.45) is 0 Å². The Hall–Kier alpha value is -3.30. The highest BCUT2D eigenvalue weighted by Crippen LogP contribution is 2.14. The molecule has 29 heavy (non-hydrogen) atoms. The first kappa shape index (κ1) is 20.4. The molecule has 1 aliphatic rings. The second kappa shape index (κ2) is 9.76. The van der Waals surface area contributed by atoms with Crippen LogP contribution >= 0.6 is 0 Å². The van der Waals surface area contributed by atoms with Gasteiger partial charge in [-0.3, -0.25) is 19.7 Å². The molecule has 0 saturated carbocycles. The lowest BCUT2D eigenvalue weighted by Gasteiger charge is -2.37. The SMILES string of the molecule is CNC(=O)C(C=Cc1ccccc1)N1CCN(c2ncc(C(=O)NO)cn2)CC1. The van der Waals surface area contributed by atoms with Gasteiger partial charge in [-0.25, -0.2) is 15.4 Å². The summed E-state index contributed by atoms with van der Waals surface area (Å²) in [5, 5.41) is 11.4. The molecule has 1 aliphatic heterocycles. The maximum Gasteiger partial charge on any atom is 0.277 e. The maximum absolute atomic E-state index is 12.4. The normalized spacial score (nSPS) is 15.9. The van der Waals surface area contributed by atoms with Crippen molar-refractivity contribution in [1.29, 1.82) is 0 Å². The lowest BCUT2D eigenvalue weighted by molar-refractivity contribution is -0.124. The van der Waals surface area contributed by atoms with Gasteiger partial charge < -0.3 is 10.2 Å². The van der Waals surface area contributed by atoms with Crippen molar-refractivity contribution in [3.05, 3.63) is 59.9 Å². The Kier molecular flexibility index (Phi) is 6.88. The number of carbonyl (C=O) groups excluding carboxylic acids is 2. The fourth-order valence-corrected chi connectivity index (χ4v) is 3.16. The molecule has 1 saturated heterocycles. The Morgan fingerprint density at radius 3 is 2.34 bits per heavy atom. The van der Waals surface area contributed by atoms with E-state index in [4.69, 9.17) is 5.21 Å². The molecule has 3 N–H and O–H groups in total. The molecule has 1 unspecified atom stereocenters. The zero-order valence-electron chi connectivity index (χ0n) is 16.2. The molecule has 9 nitrogen and oxygen atoms in total. The lowest BCUT2D eigenvalue weighted by atomic mass is 10.1. The smallest absolute Gasteiger partial charge is 0.277 e. The second-order valence-electron chi connectivity index (χ2n) is 6.56. The molecule has 0 bridgehead atoms. The summed E-state index contributed by atoms with van der Waals surface area (Å²) >= 11 is 0. The van der Waals surface area contributed by atoms with Gasteiger partial charge in [0.2, 0.25) is 11.9 Å². The summed E-state index contributed by atoms with van der Waals surface area (Å²) in [5.74, 6) is -0.197. The van der Waals surface area contributed by atoms with Crippen molar-refractivity contribution in [2.45, 2.75) is 6.04 Å². The van der Waals surface area contributed by atoms with Crippen molar-refractivity contribution < 1.29 is 14.8 Å². The van der Waals surface area contributed by atoms with E-state index in [2.05, 4.69) is 20.2 Å². The molecule has 1 aromatic heterocycles. The van der Waals surface area contributed by atoms with Gasteiger partial charge in [0.25, 0.3) is 5.91 Å². The van der Waals surface area contributed by atoms with Gasteiger partial charge in [0.05, 0.1) is 5.56 Å². The van der Waals surface area contributed by atoms with Gasteiger partial charge in [-0.05, 0) is 5.56 Å². The van der Waals surface area contributed by atoms with Crippen molar-refractivity contribution in [1.82, 2.24) is 25.7 Å². The van der Waals surface area contributed by atoms with Crippen LogP contribution in [0.4, 0.5) is 5.95 Å². The number of amides is 2. The van der Waals surface area contributed by atoms with Crippen LogP contribution in [0.2, 0.25) is 0 Å². The predicted molar refractivity (Wildman–Crippen MR) is 108 cm³/mol. The third-order valence-electron chi connectivity index (χ3n) is 4.78. The number of benzene rings is 1. The minimum Gasteiger partial charge on any atom is -0.358 e. The van der Waals surface area contributed by atoms with Gasteiger partial charge in [-0.1, -0.05) is 42.5 Å². The molecule has 1 atom stereocenters. The zero-order valence-corrected chi connectivity index (χ0v) is 16.2. The molecule has 152 valence electrons. The highest BCUT2D eigenvalue weighted by atomic mass is 16.5. The number of nitrogens with zero attached hydrogens (tertiary/aromatic N) is 4. The van der Waals surface area contributed by atoms with Gasteiger partial charge in [-0.2, -0.15) is 0 Å². The van der Waals surface area contributed by atoms with E-state index in [1.54, 1.807) is 12.5 Å². The standard InChI is InChI=1S/C20H24N6O3/c1-21-19(28)17(8-7-15-5-3-2-4-6-15)25-9-11-26(12-10-25)20-22-13-16(14-23-20)18(27)24-29/h2-8,13-14,17,29H,9-12H2,1H3,(H,21,28)(H,24,27). The quantitative estimate of drug-likeness (QED) is 0.483. The first-order valence-corrected chi connectivity index (χ1v) is 9.32. The van der Waals surface area contributed by atoms with Crippen LogP contribution in [0.3, 0.4) is 0 Å². The summed E-state index contributed by atoms with van der Waals surface area (Å²) in [5.41, 5.74) is 2.78. The summed E-state index contributed by atoms with van der Waals surface area (Å²) < 4.78 is 0. The monoisotopic (exact) mass is 396 g/mol. The van der Waals surface area contributed by atoms with E-state index < -0.39 is 5.91 Å². The molecular weight excluding hydrogens is 372 g/mol. The number of hydroxylamine groups is 1. The molecule has 1 aromatic carbocycles. The number of rotatable bonds is 6. The van der Waals surface area contributed by atoms with Crippen molar-refractivity contribution in [3.8, 4) is 0 Å². The van der Waals surface area contributed by atoms with Crippen molar-refractivity contribution in [3.63, 3.8) is 0 Å². The van der Waals surface area contributed by atoms with Crippen molar-refractivity contribution in [2.75, 3.05) is 38.1 Å². The number of likely N-dealkylation sites (N-methyl/N-ethyl adjacent to an activating group) is 1. The molecule has 2 amide bonds. The Labute approximate surface area is 169 Å². The van der Waals surface area contributed by atoms with E-state index in [0.29, 0.717) is 32.1 Å². The van der Waals surface area contributed by atoms with Crippen LogP contribution in [0.15, 0.2) is 48.8 Å². The molecule has 1 fully saturated rings. The Bertz CT molecular complexity index is 848. The van der Waals surface area contributed by atoms with Crippen LogP contribution in [-0.2, 0) is 4.79 Å². The van der Waals surface area contributed by atoms with Gasteiger partial charge in [0.1, 0.15) is 6.04 Å². The number of nitrogens with one attached hydrogen (secondary N) is 2. The maximum atomic E-state index is 12.4. The number of anilines is 1. The summed E-state index contributed by atoms with van der Waals surface area (Å²) in [6.07, 6.45) is 6.62. The van der Waals surface area contributed by atoms with Gasteiger partial charge in [0, 0.05) is 45.6 Å². The second-order valence-corrected chi connectivity index (χ2v) is 6.56. The molecule has 2 heterocycles. The highest BCUT2D eigenvalue weighted by molar-refractivity contribution is 5.92. The summed E-state index contributed by atoms with van der Waals surface area (Å²) in [4.78, 5) is 36.3. The fraction of sp³-hybridized carbons (Fsp3) is 0.300. The molecule has 0 radical (unpaired) electrons. The Morgan fingerprint density at radius 2 is 1.76 bits per heavy atom. The number of aromatic nitrogens is 2. The van der Waals surface area contributed by atoms with Gasteiger partial charge in [0.15, 0.2) is 0 Å². The first-order valence-electron chi connectivity index (χ1n) is 9.32. The summed E-state index contributed by atoms with van der Waals surface area (Å²) in [6, 6.07) is 9.50. The van der Waals surface area contributed by atoms with Crippen molar-refractivity contribution >= 4 is 23.8 Å². The molecule has 3 rings (SSSR count). The third-order valence-corrected chi connectivity index (χ3v) is 4.78. The number of carbonyl (C=O) groups is 2. The predicted octanol–water partition coefficient (Wildman–Crippen LogP) is 0.546. The molecule has 9 heteroatoms. The van der Waals surface area contributed by atoms with E-state index in [-0.39, 0.29) is 17.5 Å². The van der Waals surface area contributed by atoms with Crippen LogP contribution in [0.5, 0.6) is 0 Å². The molecule has 2 aromatic rings. The van der Waals surface area contributed by atoms with Crippen LogP contribution < -0.4 is 15.7 Å². The molecule has 0 aliphatic carbocycles. The van der Waals surface area contributed by atoms with Crippen LogP contribution in [0, 0.1) is 0 Å². The largest absolute Gasteiger partial charge is 0.358 e. The zero-order chi connectivity index (χ0) is 20.6.